The number of piperidine rings is 1. The Kier molecular flexibility index (Phi) is 17.5. The molecule has 1 saturated heterocycles. The second-order valence-electron chi connectivity index (χ2n) is 17.1. The molecule has 2 fully saturated rings. The van der Waals surface area contributed by atoms with Crippen LogP contribution in [0.2, 0.25) is 0 Å². The number of ether oxygens (including phenoxy) is 4. The zero-order valence-corrected chi connectivity index (χ0v) is 40.1. The number of benzene rings is 1. The van der Waals surface area contributed by atoms with Crippen LogP contribution in [-0.2, 0) is 23.7 Å². The van der Waals surface area contributed by atoms with Crippen molar-refractivity contribution in [1.29, 1.82) is 0 Å². The average molecular weight is 938 g/mol. The number of hydrogen-bond acceptors (Lipinski definition) is 16. The Hall–Kier alpha value is -5.66. The first-order valence-electron chi connectivity index (χ1n) is 23.3. The van der Waals surface area contributed by atoms with Crippen LogP contribution >= 0.6 is 11.3 Å². The van der Waals surface area contributed by atoms with Gasteiger partial charge in [0.1, 0.15) is 17.2 Å². The minimum absolute atomic E-state index is 0.000174. The van der Waals surface area contributed by atoms with Crippen molar-refractivity contribution in [3.63, 3.8) is 0 Å². The lowest BCUT2D eigenvalue weighted by Gasteiger charge is -2.32. The number of aryl methyl sites for hydroxylation is 4. The van der Waals surface area contributed by atoms with E-state index in [1.807, 2.05) is 51.1 Å². The number of anilines is 5. The minimum Gasteiger partial charge on any atom is -0.383 e. The summed E-state index contributed by atoms with van der Waals surface area (Å²) in [6.45, 7) is 14.6. The van der Waals surface area contributed by atoms with Crippen LogP contribution in [0.1, 0.15) is 100 Å². The number of carbonyl (C=O) groups is 3. The van der Waals surface area contributed by atoms with E-state index in [9.17, 15) is 19.2 Å². The van der Waals surface area contributed by atoms with E-state index in [0.29, 0.717) is 105 Å². The molecule has 1 saturated carbocycles. The second kappa shape index (κ2) is 23.9. The molecule has 5 heterocycles. The van der Waals surface area contributed by atoms with Crippen molar-refractivity contribution in [1.82, 2.24) is 24.5 Å². The molecular weight excluding hydrogens is 875 g/mol. The fourth-order valence-electron chi connectivity index (χ4n) is 8.60. The zero-order chi connectivity index (χ0) is 47.3. The lowest BCUT2D eigenvalue weighted by atomic mass is 9.91. The van der Waals surface area contributed by atoms with Gasteiger partial charge in [-0.15, -0.1) is 11.3 Å². The van der Waals surface area contributed by atoms with Crippen LogP contribution in [0.25, 0.3) is 11.0 Å². The maximum absolute atomic E-state index is 13.6. The van der Waals surface area contributed by atoms with Crippen LogP contribution in [0, 0.1) is 33.6 Å². The summed E-state index contributed by atoms with van der Waals surface area (Å²) in [4.78, 5) is 73.5. The van der Waals surface area contributed by atoms with E-state index >= 15 is 0 Å². The number of ketones is 2. The fourth-order valence-corrected chi connectivity index (χ4v) is 9.41. The molecule has 5 aromatic rings. The highest BCUT2D eigenvalue weighted by atomic mass is 32.1. The Labute approximate surface area is 395 Å². The third kappa shape index (κ3) is 13.1. The van der Waals surface area contributed by atoms with Gasteiger partial charge in [-0.05, 0) is 95.7 Å². The predicted molar refractivity (Wildman–Crippen MR) is 261 cm³/mol. The SMILES string of the molecule is CC(=O)c1c(C)c2cnc(Nc3ccc(N4CCC(C(=O)CCOCCOCCOCCOCCNc5ccc(C)c(C(=O)Nc6nc(C)c(C)s6)c5)CC4)cn3)nc2n(C2CCCC2)c1=O. The number of hydrogen-bond donors (Lipinski definition) is 3. The number of amides is 1. The molecule has 18 heteroatoms. The summed E-state index contributed by atoms with van der Waals surface area (Å²) >= 11 is 1.47. The molecule has 1 aromatic carbocycles. The summed E-state index contributed by atoms with van der Waals surface area (Å²) in [6, 6.07) is 9.58. The van der Waals surface area contributed by atoms with Crippen LogP contribution < -0.4 is 26.4 Å². The molecule has 0 spiro atoms. The Balaban J connectivity index is 0.714. The van der Waals surface area contributed by atoms with Crippen LogP contribution in [0.15, 0.2) is 47.5 Å². The molecule has 17 nitrogen and oxygen atoms in total. The third-order valence-electron chi connectivity index (χ3n) is 12.5. The largest absolute Gasteiger partial charge is 0.383 e. The van der Waals surface area contributed by atoms with Crippen molar-refractivity contribution in [3.8, 4) is 0 Å². The van der Waals surface area contributed by atoms with E-state index < -0.39 is 0 Å². The van der Waals surface area contributed by atoms with Gasteiger partial charge in [-0.1, -0.05) is 18.9 Å². The molecule has 1 aliphatic heterocycles. The highest BCUT2D eigenvalue weighted by molar-refractivity contribution is 7.15. The Morgan fingerprint density at radius 1 is 0.806 bits per heavy atom. The maximum Gasteiger partial charge on any atom is 0.263 e. The number of thiazole rings is 1. The van der Waals surface area contributed by atoms with Crippen molar-refractivity contribution in [2.24, 2.45) is 5.92 Å². The van der Waals surface area contributed by atoms with Gasteiger partial charge in [-0.3, -0.25) is 29.1 Å². The number of carbonyl (C=O) groups excluding carboxylic acids is 3. The van der Waals surface area contributed by atoms with Crippen molar-refractivity contribution in [2.75, 3.05) is 93.3 Å². The molecule has 7 rings (SSSR count). The summed E-state index contributed by atoms with van der Waals surface area (Å²) in [5.74, 6) is 0.700. The van der Waals surface area contributed by atoms with E-state index in [1.54, 1.807) is 23.9 Å². The van der Waals surface area contributed by atoms with Gasteiger partial charge in [0.25, 0.3) is 11.5 Å². The first-order valence-corrected chi connectivity index (χ1v) is 24.1. The Morgan fingerprint density at radius 3 is 2.13 bits per heavy atom. The van der Waals surface area contributed by atoms with Crippen LogP contribution in [0.5, 0.6) is 0 Å². The number of Topliss-reactive ketones (excluding diaryl/α,β-unsaturated/α-hetero) is 2. The molecule has 0 bridgehead atoms. The molecule has 67 heavy (non-hydrogen) atoms. The van der Waals surface area contributed by atoms with E-state index in [1.165, 1.54) is 18.3 Å². The summed E-state index contributed by atoms with van der Waals surface area (Å²) in [6.07, 6.45) is 9.22. The summed E-state index contributed by atoms with van der Waals surface area (Å²) in [5.41, 5.74) is 5.27. The Bertz CT molecular complexity index is 2530. The normalized spacial score (nSPS) is 14.5. The number of nitrogens with zero attached hydrogens (tertiary/aromatic N) is 6. The molecule has 0 atom stereocenters. The number of rotatable bonds is 24. The van der Waals surface area contributed by atoms with Gasteiger partial charge in [0.15, 0.2) is 10.9 Å². The molecule has 0 unspecified atom stereocenters. The van der Waals surface area contributed by atoms with E-state index in [-0.39, 0.29) is 40.6 Å². The third-order valence-corrected chi connectivity index (χ3v) is 13.5. The maximum atomic E-state index is 13.6. The number of nitrogens with one attached hydrogen (secondary N) is 3. The lowest BCUT2D eigenvalue weighted by molar-refractivity contribution is -0.124. The van der Waals surface area contributed by atoms with Crippen molar-refractivity contribution in [2.45, 2.75) is 85.6 Å². The van der Waals surface area contributed by atoms with Crippen molar-refractivity contribution in [3.05, 3.63) is 85.9 Å². The van der Waals surface area contributed by atoms with E-state index in [0.717, 1.165) is 79.1 Å². The molecule has 358 valence electrons. The minimum atomic E-state index is -0.283. The van der Waals surface area contributed by atoms with Crippen molar-refractivity contribution >= 4 is 68.1 Å². The molecule has 1 amide bonds. The zero-order valence-electron chi connectivity index (χ0n) is 39.3. The van der Waals surface area contributed by atoms with E-state index in [2.05, 4.69) is 35.8 Å². The summed E-state index contributed by atoms with van der Waals surface area (Å²) in [5, 5.41) is 10.7. The molecule has 4 aromatic heterocycles. The molecule has 3 N–H and O–H groups in total. The van der Waals surface area contributed by atoms with Crippen LogP contribution in [0.3, 0.4) is 0 Å². The van der Waals surface area contributed by atoms with Crippen LogP contribution in [-0.4, -0.2) is 114 Å². The van der Waals surface area contributed by atoms with Gasteiger partial charge in [-0.25, -0.2) is 15.0 Å². The quantitative estimate of drug-likeness (QED) is 0.0404. The average Bonchev–Trinajstić information content (AvgIpc) is 3.96. The topological polar surface area (TPSA) is 201 Å². The highest BCUT2D eigenvalue weighted by Crippen LogP contribution is 2.32. The monoisotopic (exact) mass is 937 g/mol. The second-order valence-corrected chi connectivity index (χ2v) is 18.3. The predicted octanol–water partition coefficient (Wildman–Crippen LogP) is 7.54. The van der Waals surface area contributed by atoms with Gasteiger partial charge >= 0.3 is 0 Å². The fraction of sp³-hybridized carbons (Fsp3) is 0.510. The lowest BCUT2D eigenvalue weighted by Crippen LogP contribution is -2.36. The number of fused-ring (bicyclic) bond motifs is 1. The highest BCUT2D eigenvalue weighted by Gasteiger charge is 2.27. The van der Waals surface area contributed by atoms with Gasteiger partial charge in [0.05, 0.1) is 76.0 Å². The van der Waals surface area contributed by atoms with Gasteiger partial charge in [-0.2, -0.15) is 4.98 Å². The molecule has 0 radical (unpaired) electrons. The van der Waals surface area contributed by atoms with Crippen molar-refractivity contribution < 1.29 is 33.3 Å². The number of aromatic nitrogens is 5. The van der Waals surface area contributed by atoms with E-state index in [4.69, 9.17) is 23.9 Å². The van der Waals surface area contributed by atoms with Gasteiger partial charge in [0.2, 0.25) is 5.95 Å². The van der Waals surface area contributed by atoms with Crippen LogP contribution in [0.4, 0.5) is 28.3 Å². The number of pyridine rings is 2. The summed E-state index contributed by atoms with van der Waals surface area (Å²) < 4.78 is 24.3. The van der Waals surface area contributed by atoms with Gasteiger partial charge in [0, 0.05) is 65.7 Å². The summed E-state index contributed by atoms with van der Waals surface area (Å²) in [7, 11) is 0. The first kappa shape index (κ1) is 49.3. The molecular formula is C49H63N9O8S. The molecule has 2 aliphatic rings. The standard InChI is InChI=1S/C49H63N9O8S/c1-31-10-11-37(28-40(31)46(61)56-49-53-33(3)35(5)67-49)50-17-21-64-23-25-66-27-26-65-24-22-63-20-16-42(60)36-14-18-57(19-15-36)39-12-13-43(51-29-39)54-48-52-30-41-32(2)44(34(4)59)47(62)58(45(41)55-48)38-8-6-7-9-38/h10-13,28-30,36,38,50H,6-9,14-27H2,1-5H3,(H,53,56,61)(H,51,52,54,55). The smallest absolute Gasteiger partial charge is 0.263 e. The molecule has 1 aliphatic carbocycles. The Morgan fingerprint density at radius 2 is 1.49 bits per heavy atom. The first-order chi connectivity index (χ1) is 32.5. The van der Waals surface area contributed by atoms with Gasteiger partial charge < -0.3 is 34.5 Å².